The summed E-state index contributed by atoms with van der Waals surface area (Å²) >= 11 is 0. The molecule has 0 spiro atoms. The molecule has 0 bridgehead atoms. The normalized spacial score (nSPS) is 10.8. The third kappa shape index (κ3) is 6.25. The Morgan fingerprint density at radius 1 is 1.00 bits per heavy atom. The topological polar surface area (TPSA) is 143 Å². The summed E-state index contributed by atoms with van der Waals surface area (Å²) in [5, 5.41) is 13.3. The lowest BCUT2D eigenvalue weighted by Crippen LogP contribution is -2.32. The van der Waals surface area contributed by atoms with Gasteiger partial charge >= 0.3 is 18.1 Å². The molecule has 0 fully saturated rings. The second-order valence-electron chi connectivity index (χ2n) is 7.76. The second kappa shape index (κ2) is 10.4. The fourth-order valence-corrected chi connectivity index (χ4v) is 2.75. The van der Waals surface area contributed by atoms with Crippen LogP contribution in [0.15, 0.2) is 60.9 Å². The number of nitro benzene ring substituents is 1. The first-order valence-corrected chi connectivity index (χ1v) is 10.0. The number of esters is 1. The van der Waals surface area contributed by atoms with Crippen LogP contribution in [0.3, 0.4) is 0 Å². The Morgan fingerprint density at radius 3 is 2.18 bits per heavy atom. The van der Waals surface area contributed by atoms with Crippen LogP contribution in [0.25, 0.3) is 11.1 Å². The highest BCUT2D eigenvalue weighted by Gasteiger charge is 2.30. The number of rotatable bonds is 8. The summed E-state index contributed by atoms with van der Waals surface area (Å²) in [6.45, 7) is 3.46. The van der Waals surface area contributed by atoms with Gasteiger partial charge in [-0.1, -0.05) is 12.1 Å². The monoisotopic (exact) mass is 466 g/mol. The van der Waals surface area contributed by atoms with Gasteiger partial charge in [0.05, 0.1) is 17.4 Å². The van der Waals surface area contributed by atoms with Crippen molar-refractivity contribution in [3.8, 4) is 22.9 Å². The van der Waals surface area contributed by atoms with E-state index in [4.69, 9.17) is 14.2 Å². The van der Waals surface area contributed by atoms with E-state index < -0.39 is 22.4 Å². The third-order valence-electron chi connectivity index (χ3n) is 4.65. The van der Waals surface area contributed by atoms with E-state index in [1.807, 2.05) is 0 Å². The van der Waals surface area contributed by atoms with Gasteiger partial charge < -0.3 is 14.2 Å². The first-order chi connectivity index (χ1) is 16.2. The fraction of sp³-hybridized carbons (Fsp3) is 0.217. The highest BCUT2D eigenvalue weighted by Crippen LogP contribution is 2.23. The zero-order valence-electron chi connectivity index (χ0n) is 18.7. The van der Waals surface area contributed by atoms with Crippen LogP contribution in [0.4, 0.5) is 16.2 Å². The van der Waals surface area contributed by atoms with Gasteiger partial charge in [0.1, 0.15) is 12.4 Å². The summed E-state index contributed by atoms with van der Waals surface area (Å²) in [7, 11) is 1.32. The summed E-state index contributed by atoms with van der Waals surface area (Å²) in [6.07, 6.45) is 2.43. The maximum absolute atomic E-state index is 12.1. The number of aromatic nitrogens is 2. The molecule has 3 aromatic rings. The van der Waals surface area contributed by atoms with Crippen LogP contribution in [0, 0.1) is 15.5 Å². The van der Waals surface area contributed by atoms with E-state index in [9.17, 15) is 19.7 Å². The van der Waals surface area contributed by atoms with E-state index in [1.165, 1.54) is 31.4 Å². The molecule has 1 aromatic heterocycles. The minimum atomic E-state index is -0.834. The number of amides is 1. The number of nitro groups is 1. The fourth-order valence-electron chi connectivity index (χ4n) is 2.75. The molecule has 3 rings (SSSR count). The Hall–Kier alpha value is -4.54. The predicted octanol–water partition coefficient (Wildman–Crippen LogP) is 4.24. The summed E-state index contributed by atoms with van der Waals surface area (Å²) in [4.78, 5) is 42.2. The molecule has 0 saturated heterocycles. The number of nitrogens with zero attached hydrogens (tertiary/aromatic N) is 3. The highest BCUT2D eigenvalue weighted by atomic mass is 16.6. The number of anilines is 1. The number of benzene rings is 2. The van der Waals surface area contributed by atoms with Crippen LogP contribution < -0.4 is 14.8 Å². The number of carbonyl (C=O) groups is 2. The summed E-state index contributed by atoms with van der Waals surface area (Å²) in [5.41, 5.74) is 1.08. The van der Waals surface area contributed by atoms with Gasteiger partial charge in [-0.2, -0.15) is 0 Å². The lowest BCUT2D eigenvalue weighted by molar-refractivity contribution is -0.384. The zero-order chi connectivity index (χ0) is 24.7. The van der Waals surface area contributed by atoms with E-state index in [2.05, 4.69) is 15.3 Å². The van der Waals surface area contributed by atoms with Gasteiger partial charge in [0.25, 0.3) is 5.69 Å². The quantitative estimate of drug-likeness (QED) is 0.293. The predicted molar refractivity (Wildman–Crippen MR) is 122 cm³/mol. The van der Waals surface area contributed by atoms with Gasteiger partial charge in [-0.05, 0) is 43.7 Å². The number of methoxy groups -OCH3 is 1. The number of hydrogen-bond donors (Lipinski definition) is 1. The lowest BCUT2D eigenvalue weighted by atomic mass is 9.95. The number of carbonyl (C=O) groups excluding carboxylic acids is 2. The summed E-state index contributed by atoms with van der Waals surface area (Å²) < 4.78 is 15.4. The van der Waals surface area contributed by atoms with Crippen molar-refractivity contribution in [1.29, 1.82) is 0 Å². The van der Waals surface area contributed by atoms with Gasteiger partial charge in [-0.3, -0.25) is 20.2 Å². The van der Waals surface area contributed by atoms with E-state index >= 15 is 0 Å². The Bertz CT molecular complexity index is 1160. The molecule has 1 N–H and O–H groups in total. The van der Waals surface area contributed by atoms with E-state index in [1.54, 1.807) is 50.5 Å². The molecule has 1 heterocycles. The molecule has 0 aliphatic rings. The van der Waals surface area contributed by atoms with Crippen molar-refractivity contribution < 1.29 is 28.7 Å². The molecular formula is C23H22N4O7. The van der Waals surface area contributed by atoms with Crippen molar-refractivity contribution in [2.75, 3.05) is 19.0 Å². The smallest absolute Gasteiger partial charge is 0.417 e. The van der Waals surface area contributed by atoms with Crippen molar-refractivity contribution in [3.63, 3.8) is 0 Å². The Balaban J connectivity index is 1.56. The van der Waals surface area contributed by atoms with Crippen molar-refractivity contribution in [2.45, 2.75) is 13.8 Å². The molecule has 11 nitrogen and oxygen atoms in total. The van der Waals surface area contributed by atoms with Crippen LogP contribution in [-0.2, 0) is 9.53 Å². The SMILES string of the molecule is COC(=O)C(C)(C)COc1ncc(-c2ccc(NC(=O)Oc3ccc([N+](=O)[O-])cc3)cc2)cn1. The molecule has 0 radical (unpaired) electrons. The molecule has 176 valence electrons. The van der Waals surface area contributed by atoms with E-state index in [-0.39, 0.29) is 24.1 Å². The standard InChI is InChI=1S/C23H22N4O7/c1-23(2,20(28)32-3)14-33-21-24-12-16(13-25-21)15-4-6-17(7-5-15)26-22(29)34-19-10-8-18(9-11-19)27(30)31/h4-13H,14H2,1-3H3,(H,26,29). The minimum Gasteiger partial charge on any atom is -0.469 e. The molecule has 34 heavy (non-hydrogen) atoms. The van der Waals surface area contributed by atoms with Gasteiger partial charge in [0.2, 0.25) is 0 Å². The van der Waals surface area contributed by atoms with Crippen LogP contribution in [0.2, 0.25) is 0 Å². The number of non-ortho nitro benzene ring substituents is 1. The lowest BCUT2D eigenvalue weighted by Gasteiger charge is -2.20. The number of hydrogen-bond acceptors (Lipinski definition) is 9. The number of nitrogens with one attached hydrogen (secondary N) is 1. The summed E-state index contributed by atoms with van der Waals surface area (Å²) in [6, 6.07) is 12.2. The van der Waals surface area contributed by atoms with Crippen molar-refractivity contribution in [1.82, 2.24) is 9.97 Å². The van der Waals surface area contributed by atoms with E-state index in [0.29, 0.717) is 5.69 Å². The maximum atomic E-state index is 12.1. The van der Waals surface area contributed by atoms with Crippen molar-refractivity contribution >= 4 is 23.4 Å². The Labute approximate surface area is 194 Å². The molecule has 0 atom stereocenters. The molecule has 2 aromatic carbocycles. The van der Waals surface area contributed by atoms with Crippen LogP contribution in [-0.4, -0.2) is 40.7 Å². The highest BCUT2D eigenvalue weighted by molar-refractivity contribution is 5.86. The molecule has 0 unspecified atom stereocenters. The van der Waals surface area contributed by atoms with E-state index in [0.717, 1.165) is 11.1 Å². The number of ether oxygens (including phenoxy) is 3. The van der Waals surface area contributed by atoms with Gasteiger partial charge in [-0.15, -0.1) is 0 Å². The van der Waals surface area contributed by atoms with Gasteiger partial charge in [0, 0.05) is 35.8 Å². The maximum Gasteiger partial charge on any atom is 0.417 e. The molecule has 11 heteroatoms. The van der Waals surface area contributed by atoms with Gasteiger partial charge in [0.15, 0.2) is 0 Å². The Kier molecular flexibility index (Phi) is 7.36. The van der Waals surface area contributed by atoms with Crippen LogP contribution >= 0.6 is 0 Å². The van der Waals surface area contributed by atoms with Crippen LogP contribution in [0.1, 0.15) is 13.8 Å². The first-order valence-electron chi connectivity index (χ1n) is 10.0. The molecule has 1 amide bonds. The molecule has 0 aliphatic heterocycles. The first kappa shape index (κ1) is 24.1. The zero-order valence-corrected chi connectivity index (χ0v) is 18.7. The average Bonchev–Trinajstić information content (AvgIpc) is 2.83. The second-order valence-corrected chi connectivity index (χ2v) is 7.76. The Morgan fingerprint density at radius 2 is 1.62 bits per heavy atom. The average molecular weight is 466 g/mol. The minimum absolute atomic E-state index is 0.0648. The largest absolute Gasteiger partial charge is 0.469 e. The molecule has 0 saturated carbocycles. The van der Waals surface area contributed by atoms with Crippen LogP contribution in [0.5, 0.6) is 11.8 Å². The van der Waals surface area contributed by atoms with Crippen molar-refractivity contribution in [2.24, 2.45) is 5.41 Å². The summed E-state index contributed by atoms with van der Waals surface area (Å²) in [5.74, 6) is -0.219. The molecule has 0 aliphatic carbocycles. The third-order valence-corrected chi connectivity index (χ3v) is 4.65. The van der Waals surface area contributed by atoms with Crippen molar-refractivity contribution in [3.05, 3.63) is 71.0 Å². The molecular weight excluding hydrogens is 444 g/mol. The van der Waals surface area contributed by atoms with Gasteiger partial charge in [-0.25, -0.2) is 14.8 Å².